The highest BCUT2D eigenvalue weighted by Crippen LogP contribution is 2.31. The Morgan fingerprint density at radius 1 is 1.30 bits per heavy atom. The molecule has 0 heterocycles. The van der Waals surface area contributed by atoms with Crippen molar-refractivity contribution in [3.8, 4) is 0 Å². The smallest absolute Gasteiger partial charge is 0.0508 e. The van der Waals surface area contributed by atoms with Gasteiger partial charge in [0.2, 0.25) is 0 Å². The zero-order valence-corrected chi connectivity index (χ0v) is 14.5. The summed E-state index contributed by atoms with van der Waals surface area (Å²) in [5, 5.41) is 3.29. The largest absolute Gasteiger partial charge is 0.373 e. The molecule has 0 amide bonds. The molecular formula is C17H27BrN2. The first kappa shape index (κ1) is 15.8. The van der Waals surface area contributed by atoms with E-state index in [4.69, 9.17) is 0 Å². The number of nitrogens with zero attached hydrogens (tertiary/aromatic N) is 1. The Labute approximate surface area is 132 Å². The highest BCUT2D eigenvalue weighted by molar-refractivity contribution is 9.10. The van der Waals surface area contributed by atoms with Gasteiger partial charge in [0.15, 0.2) is 0 Å². The van der Waals surface area contributed by atoms with Gasteiger partial charge in [-0.2, -0.15) is 0 Å². The molecule has 1 atom stereocenters. The lowest BCUT2D eigenvalue weighted by Crippen LogP contribution is -2.27. The summed E-state index contributed by atoms with van der Waals surface area (Å²) >= 11 is 3.74. The summed E-state index contributed by atoms with van der Waals surface area (Å²) in [7, 11) is 4.22. The quantitative estimate of drug-likeness (QED) is 0.833. The average molecular weight is 339 g/mol. The first-order valence-electron chi connectivity index (χ1n) is 7.79. The zero-order valence-electron chi connectivity index (χ0n) is 13.0. The number of rotatable bonds is 5. The third kappa shape index (κ3) is 3.98. The fraction of sp³-hybridized carbons (Fsp3) is 0.647. The molecule has 1 aromatic rings. The Hall–Kier alpha value is -0.540. The van der Waals surface area contributed by atoms with Gasteiger partial charge in [0, 0.05) is 24.1 Å². The maximum atomic E-state index is 3.74. The molecular weight excluding hydrogens is 312 g/mol. The predicted molar refractivity (Wildman–Crippen MR) is 91.5 cm³/mol. The van der Waals surface area contributed by atoms with Gasteiger partial charge < -0.3 is 10.2 Å². The summed E-state index contributed by atoms with van der Waals surface area (Å²) in [6.45, 7) is 3.37. The molecule has 0 bridgehead atoms. The minimum absolute atomic E-state index is 0.393. The van der Waals surface area contributed by atoms with Gasteiger partial charge >= 0.3 is 0 Å². The van der Waals surface area contributed by atoms with Crippen LogP contribution in [-0.2, 0) is 0 Å². The third-order valence-electron chi connectivity index (χ3n) is 4.57. The monoisotopic (exact) mass is 338 g/mol. The van der Waals surface area contributed by atoms with E-state index in [1.807, 2.05) is 7.05 Å². The van der Waals surface area contributed by atoms with E-state index in [0.717, 1.165) is 5.92 Å². The SMILES string of the molecule is CNC(C)c1ccc(N(C)CC2CCCCC2)c(Br)c1. The minimum atomic E-state index is 0.393. The topological polar surface area (TPSA) is 15.3 Å². The second-order valence-electron chi connectivity index (χ2n) is 6.11. The molecule has 0 spiro atoms. The third-order valence-corrected chi connectivity index (χ3v) is 5.21. The van der Waals surface area contributed by atoms with Crippen LogP contribution < -0.4 is 10.2 Å². The average Bonchev–Trinajstić information content (AvgIpc) is 2.47. The Bertz CT molecular complexity index is 427. The summed E-state index contributed by atoms with van der Waals surface area (Å²) in [6.07, 6.45) is 7.06. The highest BCUT2D eigenvalue weighted by atomic mass is 79.9. The number of hydrogen-bond acceptors (Lipinski definition) is 2. The number of halogens is 1. The maximum absolute atomic E-state index is 3.74. The van der Waals surface area contributed by atoms with E-state index in [0.29, 0.717) is 6.04 Å². The molecule has 2 nitrogen and oxygen atoms in total. The van der Waals surface area contributed by atoms with Crippen LogP contribution in [0.5, 0.6) is 0 Å². The van der Waals surface area contributed by atoms with Gasteiger partial charge in [-0.15, -0.1) is 0 Å². The van der Waals surface area contributed by atoms with Gasteiger partial charge in [-0.25, -0.2) is 0 Å². The summed E-state index contributed by atoms with van der Waals surface area (Å²) < 4.78 is 1.20. The lowest BCUT2D eigenvalue weighted by atomic mass is 9.89. The van der Waals surface area contributed by atoms with Crippen LogP contribution in [0.1, 0.15) is 50.6 Å². The van der Waals surface area contributed by atoms with Crippen LogP contribution >= 0.6 is 15.9 Å². The summed E-state index contributed by atoms with van der Waals surface area (Å²) in [5.41, 5.74) is 2.64. The van der Waals surface area contributed by atoms with Crippen molar-refractivity contribution in [1.29, 1.82) is 0 Å². The van der Waals surface area contributed by atoms with E-state index >= 15 is 0 Å². The molecule has 1 saturated carbocycles. The van der Waals surface area contributed by atoms with Crippen LogP contribution in [0.15, 0.2) is 22.7 Å². The number of nitrogens with one attached hydrogen (secondary N) is 1. The van der Waals surface area contributed by atoms with Crippen LogP contribution in [0, 0.1) is 5.92 Å². The molecule has 0 saturated heterocycles. The van der Waals surface area contributed by atoms with Gasteiger partial charge in [0.05, 0.1) is 5.69 Å². The normalized spacial score (nSPS) is 18.0. The molecule has 0 aromatic heterocycles. The summed E-state index contributed by atoms with van der Waals surface area (Å²) in [5.74, 6) is 0.872. The molecule has 2 rings (SSSR count). The Morgan fingerprint density at radius 3 is 2.60 bits per heavy atom. The molecule has 1 N–H and O–H groups in total. The number of benzene rings is 1. The van der Waals surface area contributed by atoms with Crippen molar-refractivity contribution in [2.75, 3.05) is 25.5 Å². The molecule has 0 radical (unpaired) electrons. The highest BCUT2D eigenvalue weighted by Gasteiger charge is 2.17. The molecule has 3 heteroatoms. The molecule has 1 aliphatic rings. The van der Waals surface area contributed by atoms with E-state index in [9.17, 15) is 0 Å². The van der Waals surface area contributed by atoms with Crippen molar-refractivity contribution >= 4 is 21.6 Å². The van der Waals surface area contributed by atoms with Crippen LogP contribution in [0.25, 0.3) is 0 Å². The van der Waals surface area contributed by atoms with Crippen LogP contribution in [0.2, 0.25) is 0 Å². The van der Waals surface area contributed by atoms with Crippen molar-refractivity contribution in [2.45, 2.75) is 45.1 Å². The van der Waals surface area contributed by atoms with Gasteiger partial charge in [0.1, 0.15) is 0 Å². The van der Waals surface area contributed by atoms with E-state index in [1.165, 1.54) is 54.4 Å². The predicted octanol–water partition coefficient (Wildman–Crippen LogP) is 4.75. The minimum Gasteiger partial charge on any atom is -0.373 e. The number of hydrogen-bond donors (Lipinski definition) is 1. The van der Waals surface area contributed by atoms with Crippen molar-refractivity contribution < 1.29 is 0 Å². The van der Waals surface area contributed by atoms with Crippen molar-refractivity contribution in [3.63, 3.8) is 0 Å². The molecule has 20 heavy (non-hydrogen) atoms. The molecule has 1 aliphatic carbocycles. The Kier molecular flexibility index (Phi) is 5.91. The number of anilines is 1. The fourth-order valence-corrected chi connectivity index (χ4v) is 3.82. The zero-order chi connectivity index (χ0) is 14.5. The van der Waals surface area contributed by atoms with Gasteiger partial charge in [-0.05, 0) is 66.4 Å². The molecule has 1 aromatic carbocycles. The second-order valence-corrected chi connectivity index (χ2v) is 6.96. The van der Waals surface area contributed by atoms with Gasteiger partial charge in [0.25, 0.3) is 0 Å². The van der Waals surface area contributed by atoms with Crippen molar-refractivity contribution in [3.05, 3.63) is 28.2 Å². The standard InChI is InChI=1S/C17H27BrN2/c1-13(19-2)15-9-10-17(16(18)11-15)20(3)12-14-7-5-4-6-8-14/h9-11,13-14,19H,4-8,12H2,1-3H3. The first-order valence-corrected chi connectivity index (χ1v) is 8.59. The lowest BCUT2D eigenvalue weighted by molar-refractivity contribution is 0.362. The molecule has 1 fully saturated rings. The molecule has 1 unspecified atom stereocenters. The van der Waals surface area contributed by atoms with Crippen LogP contribution in [0.4, 0.5) is 5.69 Å². The van der Waals surface area contributed by atoms with E-state index < -0.39 is 0 Å². The van der Waals surface area contributed by atoms with Crippen molar-refractivity contribution in [1.82, 2.24) is 5.32 Å². The summed E-state index contributed by atoms with van der Waals surface area (Å²) in [6, 6.07) is 7.12. The fourth-order valence-electron chi connectivity index (χ4n) is 3.12. The van der Waals surface area contributed by atoms with Crippen LogP contribution in [0.3, 0.4) is 0 Å². The molecule has 112 valence electrons. The van der Waals surface area contributed by atoms with E-state index in [2.05, 4.69) is 58.3 Å². The van der Waals surface area contributed by atoms with Crippen LogP contribution in [-0.4, -0.2) is 20.6 Å². The first-order chi connectivity index (χ1) is 9.61. The Morgan fingerprint density at radius 2 is 2.00 bits per heavy atom. The van der Waals surface area contributed by atoms with Gasteiger partial charge in [-0.3, -0.25) is 0 Å². The van der Waals surface area contributed by atoms with Crippen molar-refractivity contribution in [2.24, 2.45) is 5.92 Å². The van der Waals surface area contributed by atoms with Gasteiger partial charge in [-0.1, -0.05) is 25.3 Å². The lowest BCUT2D eigenvalue weighted by Gasteiger charge is -2.29. The van der Waals surface area contributed by atoms with E-state index in [1.54, 1.807) is 0 Å². The molecule has 0 aliphatic heterocycles. The summed E-state index contributed by atoms with van der Waals surface area (Å²) in [4.78, 5) is 2.41. The van der Waals surface area contributed by atoms with E-state index in [-0.39, 0.29) is 0 Å². The Balaban J connectivity index is 2.03. The second kappa shape index (κ2) is 7.46. The maximum Gasteiger partial charge on any atom is 0.0508 e.